The number of aromatic carboxylic acids is 1. The van der Waals surface area contributed by atoms with Crippen molar-refractivity contribution in [3.8, 4) is 5.75 Å². The van der Waals surface area contributed by atoms with Crippen LogP contribution >= 0.6 is 27.5 Å². The highest BCUT2D eigenvalue weighted by atomic mass is 79.9. The van der Waals surface area contributed by atoms with Gasteiger partial charge < -0.3 is 15.2 Å². The van der Waals surface area contributed by atoms with Gasteiger partial charge in [-0.3, -0.25) is 0 Å². The molecule has 4 nitrogen and oxygen atoms in total. The smallest absolute Gasteiger partial charge is 0.339 e. The molecule has 0 spiro atoms. The van der Waals surface area contributed by atoms with E-state index in [0.29, 0.717) is 23.9 Å². The van der Waals surface area contributed by atoms with Crippen LogP contribution in [0.4, 0.5) is 5.69 Å². The molecule has 2 rings (SSSR count). The molecule has 21 heavy (non-hydrogen) atoms. The first kappa shape index (κ1) is 15.7. The number of hydrogen-bond donors (Lipinski definition) is 2. The Labute approximate surface area is 135 Å². The largest absolute Gasteiger partial charge is 0.491 e. The zero-order chi connectivity index (χ0) is 15.2. The van der Waals surface area contributed by atoms with E-state index in [9.17, 15) is 4.79 Å². The Morgan fingerprint density at radius 3 is 2.76 bits per heavy atom. The molecule has 0 bridgehead atoms. The third kappa shape index (κ3) is 4.37. The van der Waals surface area contributed by atoms with Crippen LogP contribution in [0.15, 0.2) is 46.9 Å². The molecule has 0 saturated carbocycles. The lowest BCUT2D eigenvalue weighted by Gasteiger charge is -2.11. The average Bonchev–Trinajstić information content (AvgIpc) is 2.45. The van der Waals surface area contributed by atoms with Gasteiger partial charge in [0.2, 0.25) is 0 Å². The van der Waals surface area contributed by atoms with E-state index in [1.165, 1.54) is 6.07 Å². The Bertz CT molecular complexity index is 649. The van der Waals surface area contributed by atoms with E-state index in [1.54, 1.807) is 30.3 Å². The van der Waals surface area contributed by atoms with Crippen molar-refractivity contribution >= 4 is 39.2 Å². The molecule has 0 aliphatic carbocycles. The lowest BCUT2D eigenvalue weighted by Crippen LogP contribution is -2.13. The fraction of sp³-hybridized carbons (Fsp3) is 0.133. The molecule has 0 aliphatic heterocycles. The fourth-order valence-electron chi connectivity index (χ4n) is 1.75. The first-order valence-corrected chi connectivity index (χ1v) is 7.39. The van der Waals surface area contributed by atoms with Gasteiger partial charge in [0, 0.05) is 21.7 Å². The molecule has 0 heterocycles. The summed E-state index contributed by atoms with van der Waals surface area (Å²) in [4.78, 5) is 11.0. The molecule has 0 amide bonds. The Kier molecular flexibility index (Phi) is 5.47. The van der Waals surface area contributed by atoms with Crippen LogP contribution in [0.5, 0.6) is 5.75 Å². The highest BCUT2D eigenvalue weighted by Crippen LogP contribution is 2.25. The minimum atomic E-state index is -1.00. The molecular formula is C15H13BrClNO3. The van der Waals surface area contributed by atoms with Gasteiger partial charge in [-0.1, -0.05) is 23.7 Å². The van der Waals surface area contributed by atoms with Crippen molar-refractivity contribution in [2.24, 2.45) is 0 Å². The van der Waals surface area contributed by atoms with E-state index in [1.807, 2.05) is 6.07 Å². The standard InChI is InChI=1S/C15H13BrClNO3/c16-12-9-10(17)5-6-13(12)18-7-8-21-14-4-2-1-3-11(14)15(19)20/h1-6,9,18H,7-8H2,(H,19,20). The number of para-hydroxylation sites is 1. The number of anilines is 1. The second-order valence-corrected chi connectivity index (χ2v) is 5.49. The van der Waals surface area contributed by atoms with Crippen molar-refractivity contribution in [1.82, 2.24) is 0 Å². The normalized spacial score (nSPS) is 10.2. The number of benzene rings is 2. The molecule has 0 unspecified atom stereocenters. The number of carbonyl (C=O) groups is 1. The fourth-order valence-corrected chi connectivity index (χ4v) is 2.57. The number of hydrogen-bond acceptors (Lipinski definition) is 3. The Morgan fingerprint density at radius 2 is 2.05 bits per heavy atom. The summed E-state index contributed by atoms with van der Waals surface area (Å²) in [5, 5.41) is 12.9. The van der Waals surface area contributed by atoms with Gasteiger partial charge in [-0.15, -0.1) is 0 Å². The number of carboxylic acid groups (broad SMARTS) is 1. The summed E-state index contributed by atoms with van der Waals surface area (Å²) in [7, 11) is 0. The third-order valence-corrected chi connectivity index (χ3v) is 3.61. The maximum atomic E-state index is 11.0. The van der Waals surface area contributed by atoms with E-state index in [2.05, 4.69) is 21.2 Å². The van der Waals surface area contributed by atoms with E-state index in [-0.39, 0.29) is 5.56 Å². The van der Waals surface area contributed by atoms with E-state index in [0.717, 1.165) is 10.2 Å². The number of rotatable bonds is 6. The number of nitrogens with one attached hydrogen (secondary N) is 1. The predicted molar refractivity (Wildman–Crippen MR) is 86.5 cm³/mol. The molecule has 6 heteroatoms. The molecule has 0 radical (unpaired) electrons. The van der Waals surface area contributed by atoms with Crippen molar-refractivity contribution in [1.29, 1.82) is 0 Å². The Morgan fingerprint density at radius 1 is 1.29 bits per heavy atom. The molecule has 2 aromatic rings. The molecule has 0 atom stereocenters. The first-order valence-electron chi connectivity index (χ1n) is 6.22. The van der Waals surface area contributed by atoms with Gasteiger partial charge in [0.1, 0.15) is 17.9 Å². The molecule has 0 aliphatic rings. The van der Waals surface area contributed by atoms with Crippen molar-refractivity contribution in [2.45, 2.75) is 0 Å². The van der Waals surface area contributed by atoms with Crippen molar-refractivity contribution < 1.29 is 14.6 Å². The maximum Gasteiger partial charge on any atom is 0.339 e. The Hall–Kier alpha value is -1.72. The SMILES string of the molecule is O=C(O)c1ccccc1OCCNc1ccc(Cl)cc1Br. The van der Waals surface area contributed by atoms with Gasteiger partial charge in [-0.25, -0.2) is 4.79 Å². The summed E-state index contributed by atoms with van der Waals surface area (Å²) in [6, 6.07) is 12.0. The van der Waals surface area contributed by atoms with E-state index < -0.39 is 5.97 Å². The number of ether oxygens (including phenoxy) is 1. The van der Waals surface area contributed by atoms with E-state index in [4.69, 9.17) is 21.4 Å². The molecule has 2 N–H and O–H groups in total. The minimum Gasteiger partial charge on any atom is -0.491 e. The number of halogens is 2. The van der Waals surface area contributed by atoms with Crippen LogP contribution in [0.1, 0.15) is 10.4 Å². The summed E-state index contributed by atoms with van der Waals surface area (Å²) in [5.41, 5.74) is 1.06. The van der Waals surface area contributed by atoms with Crippen LogP contribution in [-0.2, 0) is 0 Å². The number of carboxylic acids is 1. The predicted octanol–water partition coefficient (Wildman–Crippen LogP) is 4.29. The molecule has 2 aromatic carbocycles. The second-order valence-electron chi connectivity index (χ2n) is 4.20. The summed E-state index contributed by atoms with van der Waals surface area (Å²) in [6.45, 7) is 0.882. The molecule has 0 aromatic heterocycles. The van der Waals surface area contributed by atoms with Gasteiger partial charge in [0.15, 0.2) is 0 Å². The summed E-state index contributed by atoms with van der Waals surface area (Å²) < 4.78 is 6.36. The van der Waals surface area contributed by atoms with Crippen LogP contribution in [0.3, 0.4) is 0 Å². The van der Waals surface area contributed by atoms with Gasteiger partial charge in [0.25, 0.3) is 0 Å². The lowest BCUT2D eigenvalue weighted by atomic mass is 10.2. The van der Waals surface area contributed by atoms with Gasteiger partial charge in [-0.2, -0.15) is 0 Å². The van der Waals surface area contributed by atoms with Gasteiger partial charge in [0.05, 0.1) is 0 Å². The molecule has 110 valence electrons. The topological polar surface area (TPSA) is 58.6 Å². The zero-order valence-electron chi connectivity index (χ0n) is 11.0. The van der Waals surface area contributed by atoms with Crippen LogP contribution < -0.4 is 10.1 Å². The van der Waals surface area contributed by atoms with Crippen molar-refractivity contribution in [2.75, 3.05) is 18.5 Å². The van der Waals surface area contributed by atoms with Gasteiger partial charge in [-0.05, 0) is 46.3 Å². The summed E-state index contributed by atoms with van der Waals surface area (Å²) in [5.74, 6) is -0.638. The zero-order valence-corrected chi connectivity index (χ0v) is 13.3. The molecular weight excluding hydrogens is 358 g/mol. The van der Waals surface area contributed by atoms with Crippen molar-refractivity contribution in [3.05, 3.63) is 57.5 Å². The quantitative estimate of drug-likeness (QED) is 0.745. The highest BCUT2D eigenvalue weighted by molar-refractivity contribution is 9.10. The Balaban J connectivity index is 1.89. The third-order valence-electron chi connectivity index (χ3n) is 2.72. The van der Waals surface area contributed by atoms with Gasteiger partial charge >= 0.3 is 5.97 Å². The average molecular weight is 371 g/mol. The second kappa shape index (κ2) is 7.33. The highest BCUT2D eigenvalue weighted by Gasteiger charge is 2.09. The van der Waals surface area contributed by atoms with Crippen LogP contribution in [-0.4, -0.2) is 24.2 Å². The van der Waals surface area contributed by atoms with Crippen LogP contribution in [0.25, 0.3) is 0 Å². The monoisotopic (exact) mass is 369 g/mol. The summed E-state index contributed by atoms with van der Waals surface area (Å²) in [6.07, 6.45) is 0. The minimum absolute atomic E-state index is 0.158. The van der Waals surface area contributed by atoms with Crippen molar-refractivity contribution in [3.63, 3.8) is 0 Å². The van der Waals surface area contributed by atoms with Crippen LogP contribution in [0, 0.1) is 0 Å². The lowest BCUT2D eigenvalue weighted by molar-refractivity contribution is 0.0692. The molecule has 0 fully saturated rings. The van der Waals surface area contributed by atoms with Crippen LogP contribution in [0.2, 0.25) is 5.02 Å². The molecule has 0 saturated heterocycles. The van der Waals surface area contributed by atoms with E-state index >= 15 is 0 Å². The maximum absolute atomic E-state index is 11.0. The first-order chi connectivity index (χ1) is 10.1. The summed E-state index contributed by atoms with van der Waals surface area (Å²) >= 11 is 9.28.